The number of para-hydroxylation sites is 1. The standard InChI is InChI=1S/C23H21FN4O2/c1-14-21(16-8-10-18(24)11-9-16)22-25-13-19(15(2)28(22)27-14)23(29)26-12-17-6-4-5-7-20(17)30-3/h4-11,13H,12H2,1-3H3,(H,26,29). The third kappa shape index (κ3) is 3.50. The van der Waals surface area contributed by atoms with Gasteiger partial charge in [0, 0.05) is 23.9 Å². The summed E-state index contributed by atoms with van der Waals surface area (Å²) in [5, 5.41) is 7.47. The number of amides is 1. The minimum Gasteiger partial charge on any atom is -0.496 e. The number of nitrogens with zero attached hydrogens (tertiary/aromatic N) is 3. The van der Waals surface area contributed by atoms with E-state index in [-0.39, 0.29) is 11.7 Å². The van der Waals surface area contributed by atoms with Crippen molar-refractivity contribution in [1.82, 2.24) is 19.9 Å². The van der Waals surface area contributed by atoms with Crippen molar-refractivity contribution in [3.63, 3.8) is 0 Å². The molecule has 1 amide bonds. The Bertz CT molecular complexity index is 1230. The normalized spacial score (nSPS) is 10.9. The molecule has 0 aliphatic heterocycles. The van der Waals surface area contributed by atoms with Gasteiger partial charge in [-0.3, -0.25) is 4.79 Å². The maximum atomic E-state index is 13.3. The molecular formula is C23H21FN4O2. The molecule has 0 aliphatic rings. The number of aryl methyl sites for hydroxylation is 2. The van der Waals surface area contributed by atoms with Crippen LogP contribution in [0.1, 0.15) is 27.3 Å². The second kappa shape index (κ2) is 7.94. The number of carbonyl (C=O) groups is 1. The molecule has 1 N–H and O–H groups in total. The smallest absolute Gasteiger partial charge is 0.254 e. The minimum absolute atomic E-state index is 0.246. The van der Waals surface area contributed by atoms with Crippen LogP contribution in [-0.4, -0.2) is 27.6 Å². The summed E-state index contributed by atoms with van der Waals surface area (Å²) in [7, 11) is 1.60. The van der Waals surface area contributed by atoms with Gasteiger partial charge in [0.05, 0.1) is 24.1 Å². The second-order valence-electron chi connectivity index (χ2n) is 6.95. The molecule has 4 aromatic rings. The van der Waals surface area contributed by atoms with Crippen LogP contribution in [0.4, 0.5) is 4.39 Å². The monoisotopic (exact) mass is 404 g/mol. The number of fused-ring (bicyclic) bond motifs is 1. The van der Waals surface area contributed by atoms with Gasteiger partial charge in [-0.25, -0.2) is 13.9 Å². The highest BCUT2D eigenvalue weighted by molar-refractivity contribution is 5.95. The molecule has 0 spiro atoms. The van der Waals surface area contributed by atoms with Crippen molar-refractivity contribution in [1.29, 1.82) is 0 Å². The fourth-order valence-electron chi connectivity index (χ4n) is 3.50. The van der Waals surface area contributed by atoms with E-state index in [1.165, 1.54) is 12.1 Å². The number of methoxy groups -OCH3 is 1. The summed E-state index contributed by atoms with van der Waals surface area (Å²) in [5.74, 6) is 0.171. The number of carbonyl (C=O) groups excluding carboxylic acids is 1. The van der Waals surface area contributed by atoms with E-state index in [4.69, 9.17) is 4.74 Å². The summed E-state index contributed by atoms with van der Waals surface area (Å²) in [5.41, 5.74) is 5.01. The molecule has 2 aromatic carbocycles. The van der Waals surface area contributed by atoms with Crippen molar-refractivity contribution in [2.75, 3.05) is 7.11 Å². The van der Waals surface area contributed by atoms with Gasteiger partial charge in [-0.05, 0) is 37.6 Å². The van der Waals surface area contributed by atoms with Crippen molar-refractivity contribution in [3.8, 4) is 16.9 Å². The third-order valence-electron chi connectivity index (χ3n) is 5.07. The summed E-state index contributed by atoms with van der Waals surface area (Å²) in [6, 6.07) is 13.7. The molecule has 0 aliphatic carbocycles. The lowest BCUT2D eigenvalue weighted by Gasteiger charge is -2.11. The topological polar surface area (TPSA) is 68.5 Å². The number of halogens is 1. The van der Waals surface area contributed by atoms with Crippen LogP contribution in [0.5, 0.6) is 5.75 Å². The van der Waals surface area contributed by atoms with Crippen molar-refractivity contribution in [3.05, 3.63) is 83.1 Å². The summed E-state index contributed by atoms with van der Waals surface area (Å²) in [4.78, 5) is 17.3. The van der Waals surface area contributed by atoms with E-state index in [0.29, 0.717) is 23.4 Å². The molecular weight excluding hydrogens is 383 g/mol. The number of rotatable bonds is 5. The SMILES string of the molecule is COc1ccccc1CNC(=O)c1cnc2c(-c3ccc(F)cc3)c(C)nn2c1C. The average Bonchev–Trinajstić information content (AvgIpc) is 3.10. The quantitative estimate of drug-likeness (QED) is 0.544. The maximum absolute atomic E-state index is 13.3. The van der Waals surface area contributed by atoms with E-state index in [1.54, 1.807) is 30.0 Å². The molecule has 30 heavy (non-hydrogen) atoms. The Morgan fingerprint density at radius 2 is 1.87 bits per heavy atom. The number of nitrogens with one attached hydrogen (secondary N) is 1. The lowest BCUT2D eigenvalue weighted by atomic mass is 10.1. The number of hydrogen-bond donors (Lipinski definition) is 1. The van der Waals surface area contributed by atoms with Gasteiger partial charge in [0.1, 0.15) is 11.6 Å². The Morgan fingerprint density at radius 1 is 1.13 bits per heavy atom. The van der Waals surface area contributed by atoms with Crippen molar-refractivity contribution < 1.29 is 13.9 Å². The van der Waals surface area contributed by atoms with Gasteiger partial charge in [-0.15, -0.1) is 0 Å². The number of aromatic nitrogens is 3. The van der Waals surface area contributed by atoms with Gasteiger partial charge >= 0.3 is 0 Å². The fourth-order valence-corrected chi connectivity index (χ4v) is 3.50. The molecule has 0 saturated carbocycles. The Labute approximate surface area is 173 Å². The van der Waals surface area contributed by atoms with Gasteiger partial charge in [0.25, 0.3) is 5.91 Å². The molecule has 0 bridgehead atoms. The van der Waals surface area contributed by atoms with Crippen LogP contribution in [0.3, 0.4) is 0 Å². The zero-order chi connectivity index (χ0) is 21.3. The zero-order valence-electron chi connectivity index (χ0n) is 16.9. The molecule has 2 heterocycles. The van der Waals surface area contributed by atoms with Crippen molar-refractivity contribution in [2.24, 2.45) is 0 Å². The molecule has 2 aromatic heterocycles. The van der Waals surface area contributed by atoms with Gasteiger partial charge < -0.3 is 10.1 Å². The summed E-state index contributed by atoms with van der Waals surface area (Å²) >= 11 is 0. The lowest BCUT2D eigenvalue weighted by molar-refractivity contribution is 0.0949. The predicted molar refractivity (Wildman–Crippen MR) is 112 cm³/mol. The molecule has 152 valence electrons. The molecule has 0 atom stereocenters. The highest BCUT2D eigenvalue weighted by atomic mass is 19.1. The lowest BCUT2D eigenvalue weighted by Crippen LogP contribution is -2.25. The Kier molecular flexibility index (Phi) is 5.18. The van der Waals surface area contributed by atoms with Crippen LogP contribution in [-0.2, 0) is 6.54 Å². The van der Waals surface area contributed by atoms with Crippen LogP contribution in [0, 0.1) is 19.7 Å². The molecule has 0 unspecified atom stereocenters. The summed E-state index contributed by atoms with van der Waals surface area (Å²) < 4.78 is 20.3. The maximum Gasteiger partial charge on any atom is 0.254 e. The van der Waals surface area contributed by atoms with E-state index in [2.05, 4.69) is 15.4 Å². The summed E-state index contributed by atoms with van der Waals surface area (Å²) in [6.45, 7) is 4.03. The molecule has 7 heteroatoms. The average molecular weight is 404 g/mol. The molecule has 0 radical (unpaired) electrons. The molecule has 4 rings (SSSR count). The van der Waals surface area contributed by atoms with Crippen molar-refractivity contribution >= 4 is 11.6 Å². The predicted octanol–water partition coefficient (Wildman–Crippen LogP) is 4.09. The van der Waals surface area contributed by atoms with E-state index in [1.807, 2.05) is 38.1 Å². The largest absolute Gasteiger partial charge is 0.496 e. The van der Waals surface area contributed by atoms with E-state index >= 15 is 0 Å². The van der Waals surface area contributed by atoms with Gasteiger partial charge in [-0.1, -0.05) is 30.3 Å². The highest BCUT2D eigenvalue weighted by Gasteiger charge is 2.19. The number of hydrogen-bond acceptors (Lipinski definition) is 4. The highest BCUT2D eigenvalue weighted by Crippen LogP contribution is 2.28. The first-order chi connectivity index (χ1) is 14.5. The first kappa shape index (κ1) is 19.6. The van der Waals surface area contributed by atoms with Gasteiger partial charge in [0.2, 0.25) is 0 Å². The van der Waals surface area contributed by atoms with Crippen molar-refractivity contribution in [2.45, 2.75) is 20.4 Å². The number of benzene rings is 2. The van der Waals surface area contributed by atoms with E-state index in [9.17, 15) is 9.18 Å². The molecule has 0 saturated heterocycles. The fraction of sp³-hybridized carbons (Fsp3) is 0.174. The van der Waals surface area contributed by atoms with Crippen LogP contribution >= 0.6 is 0 Å². The molecule has 6 nitrogen and oxygen atoms in total. The third-order valence-corrected chi connectivity index (χ3v) is 5.07. The van der Waals surface area contributed by atoms with Gasteiger partial charge in [0.15, 0.2) is 5.65 Å². The minimum atomic E-state index is -0.300. The zero-order valence-corrected chi connectivity index (χ0v) is 16.9. The van der Waals surface area contributed by atoms with E-state index in [0.717, 1.165) is 28.1 Å². The first-order valence-corrected chi connectivity index (χ1v) is 9.50. The van der Waals surface area contributed by atoms with Crippen LogP contribution < -0.4 is 10.1 Å². The molecule has 0 fully saturated rings. The van der Waals surface area contributed by atoms with Crippen LogP contribution in [0.15, 0.2) is 54.7 Å². The first-order valence-electron chi connectivity index (χ1n) is 9.50. The van der Waals surface area contributed by atoms with Crippen LogP contribution in [0.2, 0.25) is 0 Å². The van der Waals surface area contributed by atoms with Crippen LogP contribution in [0.25, 0.3) is 16.8 Å². The van der Waals surface area contributed by atoms with Gasteiger partial charge in [-0.2, -0.15) is 5.10 Å². The van der Waals surface area contributed by atoms with E-state index < -0.39 is 0 Å². The Hall–Kier alpha value is -3.74. The number of ether oxygens (including phenoxy) is 1. The Morgan fingerprint density at radius 3 is 2.60 bits per heavy atom. The Balaban J connectivity index is 1.65. The summed E-state index contributed by atoms with van der Waals surface area (Å²) in [6.07, 6.45) is 1.55. The second-order valence-corrected chi connectivity index (χ2v) is 6.95.